The molecule has 1 heterocycles. The summed E-state index contributed by atoms with van der Waals surface area (Å²) in [7, 11) is 0. The molecule has 0 unspecified atom stereocenters. The first-order valence-corrected chi connectivity index (χ1v) is 6.05. The van der Waals surface area contributed by atoms with Gasteiger partial charge in [-0.2, -0.15) is 0 Å². The van der Waals surface area contributed by atoms with Gasteiger partial charge in [0.25, 0.3) is 0 Å². The van der Waals surface area contributed by atoms with Gasteiger partial charge < -0.3 is 15.0 Å². The predicted molar refractivity (Wildman–Crippen MR) is 72.5 cm³/mol. The van der Waals surface area contributed by atoms with Gasteiger partial charge in [-0.25, -0.2) is 0 Å². The van der Waals surface area contributed by atoms with Crippen LogP contribution in [0.3, 0.4) is 0 Å². The third-order valence-corrected chi connectivity index (χ3v) is 2.80. The third-order valence-electron chi connectivity index (χ3n) is 2.59. The largest absolute Gasteiger partial charge is 0.573 e. The van der Waals surface area contributed by atoms with Gasteiger partial charge in [-0.15, -0.1) is 13.2 Å². The number of alkyl halides is 3. The Hall–Kier alpha value is -2.02. The Balaban J connectivity index is 2.11. The van der Waals surface area contributed by atoms with Crippen LogP contribution < -0.4 is 10.5 Å². The number of ether oxygens (including phenoxy) is 1. The Labute approximate surface area is 118 Å². The minimum absolute atomic E-state index is 0.247. The van der Waals surface area contributed by atoms with Crippen LogP contribution in [0.4, 0.5) is 13.2 Å². The molecule has 0 aliphatic heterocycles. The highest BCUT2D eigenvalue weighted by Gasteiger charge is 2.30. The lowest BCUT2D eigenvalue weighted by atomic mass is 10.2. The summed E-state index contributed by atoms with van der Waals surface area (Å²) in [5.41, 5.74) is 7.09. The van der Waals surface area contributed by atoms with Gasteiger partial charge in [0, 0.05) is 12.7 Å². The molecule has 7 heteroatoms. The zero-order chi connectivity index (χ0) is 14.8. The third kappa shape index (κ3) is 3.74. The highest BCUT2D eigenvalue weighted by molar-refractivity contribution is 7.80. The number of rotatable bonds is 4. The van der Waals surface area contributed by atoms with E-state index < -0.39 is 6.36 Å². The van der Waals surface area contributed by atoms with Gasteiger partial charge in [-0.3, -0.25) is 0 Å². The van der Waals surface area contributed by atoms with E-state index in [0.29, 0.717) is 12.2 Å². The van der Waals surface area contributed by atoms with E-state index in [2.05, 4.69) is 4.74 Å². The molecule has 0 fully saturated rings. The number of nitrogens with zero attached hydrogens (tertiary/aromatic N) is 1. The second-order valence-corrected chi connectivity index (χ2v) is 4.52. The highest BCUT2D eigenvalue weighted by atomic mass is 32.1. The molecule has 0 amide bonds. The molecule has 0 saturated heterocycles. The van der Waals surface area contributed by atoms with Crippen molar-refractivity contribution in [2.75, 3.05) is 0 Å². The lowest BCUT2D eigenvalue weighted by molar-refractivity contribution is -0.274. The molecule has 1 aromatic carbocycles. The van der Waals surface area contributed by atoms with Crippen molar-refractivity contribution in [3.63, 3.8) is 0 Å². The highest BCUT2D eigenvalue weighted by Crippen LogP contribution is 2.23. The van der Waals surface area contributed by atoms with E-state index in [9.17, 15) is 13.2 Å². The Kier molecular flexibility index (Phi) is 3.99. The Morgan fingerprint density at radius 2 is 1.85 bits per heavy atom. The first-order valence-electron chi connectivity index (χ1n) is 5.65. The summed E-state index contributed by atoms with van der Waals surface area (Å²) in [5.74, 6) is -0.247. The van der Waals surface area contributed by atoms with Gasteiger partial charge in [-0.05, 0) is 29.8 Å². The van der Waals surface area contributed by atoms with Crippen LogP contribution in [0.1, 0.15) is 11.3 Å². The fourth-order valence-corrected chi connectivity index (χ4v) is 1.95. The quantitative estimate of drug-likeness (QED) is 0.882. The number of nitrogens with two attached hydrogens (primary N) is 1. The SMILES string of the molecule is NC(=S)c1cccn1Cc1ccc(OC(F)(F)F)cc1. The first kappa shape index (κ1) is 14.4. The minimum Gasteiger partial charge on any atom is -0.406 e. The van der Waals surface area contributed by atoms with E-state index in [1.54, 1.807) is 30.5 Å². The molecule has 0 radical (unpaired) electrons. The number of benzene rings is 1. The van der Waals surface area contributed by atoms with Crippen LogP contribution in [-0.2, 0) is 6.54 Å². The summed E-state index contributed by atoms with van der Waals surface area (Å²) in [6.07, 6.45) is -2.88. The van der Waals surface area contributed by atoms with E-state index in [0.717, 1.165) is 5.56 Å². The zero-order valence-electron chi connectivity index (χ0n) is 10.2. The van der Waals surface area contributed by atoms with E-state index in [1.165, 1.54) is 12.1 Å². The summed E-state index contributed by atoms with van der Waals surface area (Å²) in [6, 6.07) is 9.24. The lowest BCUT2D eigenvalue weighted by Crippen LogP contribution is -2.17. The Bertz CT molecular complexity index is 605. The molecule has 2 N–H and O–H groups in total. The van der Waals surface area contributed by atoms with Crippen LogP contribution >= 0.6 is 12.2 Å². The molecule has 0 spiro atoms. The molecule has 0 aliphatic rings. The number of hydrogen-bond acceptors (Lipinski definition) is 2. The topological polar surface area (TPSA) is 40.2 Å². The number of hydrogen-bond donors (Lipinski definition) is 1. The monoisotopic (exact) mass is 300 g/mol. The summed E-state index contributed by atoms with van der Waals surface area (Å²) in [5, 5.41) is 0. The van der Waals surface area contributed by atoms with Crippen LogP contribution in [0.2, 0.25) is 0 Å². The molecule has 106 valence electrons. The van der Waals surface area contributed by atoms with Gasteiger partial charge in [0.1, 0.15) is 10.7 Å². The molecule has 0 saturated carbocycles. The van der Waals surface area contributed by atoms with Crippen LogP contribution in [0.25, 0.3) is 0 Å². The molecule has 2 rings (SSSR count). The second-order valence-electron chi connectivity index (χ2n) is 4.08. The van der Waals surface area contributed by atoms with E-state index in [-0.39, 0.29) is 10.7 Å². The lowest BCUT2D eigenvalue weighted by Gasteiger charge is -2.11. The maximum Gasteiger partial charge on any atom is 0.573 e. The predicted octanol–water partition coefficient (Wildman–Crippen LogP) is 3.07. The van der Waals surface area contributed by atoms with Gasteiger partial charge in [0.15, 0.2) is 0 Å². The molecule has 20 heavy (non-hydrogen) atoms. The van der Waals surface area contributed by atoms with Gasteiger partial charge >= 0.3 is 6.36 Å². The Morgan fingerprint density at radius 1 is 1.20 bits per heavy atom. The number of thiocarbonyl (C=S) groups is 1. The van der Waals surface area contributed by atoms with Crippen molar-refractivity contribution in [3.05, 3.63) is 53.9 Å². The molecular formula is C13H11F3N2OS. The molecule has 3 nitrogen and oxygen atoms in total. The van der Waals surface area contributed by atoms with Crippen molar-refractivity contribution >= 4 is 17.2 Å². The van der Waals surface area contributed by atoms with Crippen LogP contribution in [0.15, 0.2) is 42.6 Å². The van der Waals surface area contributed by atoms with Crippen LogP contribution in [0.5, 0.6) is 5.75 Å². The van der Waals surface area contributed by atoms with Crippen molar-refractivity contribution in [1.29, 1.82) is 0 Å². The molecular weight excluding hydrogens is 289 g/mol. The summed E-state index contributed by atoms with van der Waals surface area (Å²) in [6.45, 7) is 0.464. The average molecular weight is 300 g/mol. The summed E-state index contributed by atoms with van der Waals surface area (Å²) in [4.78, 5) is 0.270. The van der Waals surface area contributed by atoms with Crippen LogP contribution in [-0.4, -0.2) is 15.9 Å². The van der Waals surface area contributed by atoms with Gasteiger partial charge in [0.2, 0.25) is 0 Å². The fourth-order valence-electron chi connectivity index (χ4n) is 1.77. The minimum atomic E-state index is -4.68. The van der Waals surface area contributed by atoms with Crippen LogP contribution in [0, 0.1) is 0 Å². The number of aromatic nitrogens is 1. The van der Waals surface area contributed by atoms with E-state index in [4.69, 9.17) is 18.0 Å². The number of halogens is 3. The van der Waals surface area contributed by atoms with Crippen molar-refractivity contribution in [3.8, 4) is 5.75 Å². The fraction of sp³-hybridized carbons (Fsp3) is 0.154. The maximum absolute atomic E-state index is 12.0. The first-order chi connectivity index (χ1) is 9.35. The normalized spacial score (nSPS) is 11.3. The average Bonchev–Trinajstić information content (AvgIpc) is 2.78. The second kappa shape index (κ2) is 5.54. The molecule has 0 bridgehead atoms. The molecule has 2 aromatic rings. The van der Waals surface area contributed by atoms with E-state index >= 15 is 0 Å². The maximum atomic E-state index is 12.0. The summed E-state index contributed by atoms with van der Waals surface area (Å²) < 4.78 is 41.7. The van der Waals surface area contributed by atoms with Gasteiger partial charge in [-0.1, -0.05) is 24.4 Å². The van der Waals surface area contributed by atoms with Crippen molar-refractivity contribution in [2.24, 2.45) is 5.73 Å². The van der Waals surface area contributed by atoms with Crippen molar-refractivity contribution < 1.29 is 17.9 Å². The van der Waals surface area contributed by atoms with Crippen molar-refractivity contribution in [2.45, 2.75) is 12.9 Å². The van der Waals surface area contributed by atoms with Crippen molar-refractivity contribution in [1.82, 2.24) is 4.57 Å². The zero-order valence-corrected chi connectivity index (χ0v) is 11.0. The molecule has 0 atom stereocenters. The molecule has 1 aromatic heterocycles. The standard InChI is InChI=1S/C13H11F3N2OS/c14-13(15,16)19-10-5-3-9(4-6-10)8-18-7-1-2-11(18)12(17)20/h1-7H,8H2,(H2,17,20). The van der Waals surface area contributed by atoms with E-state index in [1.807, 2.05) is 4.57 Å². The molecule has 0 aliphatic carbocycles. The smallest absolute Gasteiger partial charge is 0.406 e. The Morgan fingerprint density at radius 3 is 2.40 bits per heavy atom. The van der Waals surface area contributed by atoms with Gasteiger partial charge in [0.05, 0.1) is 5.69 Å². The summed E-state index contributed by atoms with van der Waals surface area (Å²) >= 11 is 4.91.